The van der Waals surface area contributed by atoms with Crippen LogP contribution in [0.3, 0.4) is 0 Å². The zero-order chi connectivity index (χ0) is 10.6. The summed E-state index contributed by atoms with van der Waals surface area (Å²) in [6, 6.07) is 8.52. The minimum absolute atomic E-state index is 0.386. The van der Waals surface area contributed by atoms with Crippen LogP contribution in [0.5, 0.6) is 0 Å². The van der Waals surface area contributed by atoms with Gasteiger partial charge in [0.25, 0.3) is 0 Å². The van der Waals surface area contributed by atoms with Crippen LogP contribution in [-0.4, -0.2) is 5.97 Å². The van der Waals surface area contributed by atoms with Crippen molar-refractivity contribution in [3.8, 4) is 6.07 Å². The molecular weight excluding hydrogens is 246 g/mol. The molecule has 70 valence electrons. The highest BCUT2D eigenvalue weighted by Crippen LogP contribution is 2.14. The highest BCUT2D eigenvalue weighted by atomic mass is 79.9. The predicted molar refractivity (Wildman–Crippen MR) is 52.7 cm³/mol. The van der Waals surface area contributed by atoms with Gasteiger partial charge < -0.3 is 9.90 Å². The van der Waals surface area contributed by atoms with Crippen LogP contribution in [0.1, 0.15) is 5.56 Å². The molecule has 0 bridgehead atoms. The van der Waals surface area contributed by atoms with Gasteiger partial charge in [0.1, 0.15) is 6.07 Å². The Morgan fingerprint density at radius 2 is 2.29 bits per heavy atom. The molecule has 0 atom stereocenters. The van der Waals surface area contributed by atoms with Gasteiger partial charge in [0, 0.05) is 4.47 Å². The third-order valence-electron chi connectivity index (χ3n) is 1.50. The fraction of sp³-hybridized carbons (Fsp3) is 0. The summed E-state index contributed by atoms with van der Waals surface area (Å²) >= 11 is 3.24. The van der Waals surface area contributed by atoms with Crippen LogP contribution in [0, 0.1) is 11.3 Å². The first-order chi connectivity index (χ1) is 6.63. The van der Waals surface area contributed by atoms with Gasteiger partial charge in [0.05, 0.1) is 11.5 Å². The predicted octanol–water partition coefficient (Wildman–Crippen LogP) is 1.11. The lowest BCUT2D eigenvalue weighted by Crippen LogP contribution is -2.23. The number of hydrogen-bond donors (Lipinski definition) is 0. The standard InChI is InChI=1S/C10H6BrNO2/c11-9-3-1-2-7(5-9)4-8(6-12)10(13)14/h1-5H,(H,13,14)/p-1/b8-4+. The van der Waals surface area contributed by atoms with E-state index in [1.165, 1.54) is 6.08 Å². The average Bonchev–Trinajstić information content (AvgIpc) is 2.14. The van der Waals surface area contributed by atoms with E-state index in [1.807, 2.05) is 6.07 Å². The highest BCUT2D eigenvalue weighted by molar-refractivity contribution is 9.10. The van der Waals surface area contributed by atoms with Crippen LogP contribution in [0.25, 0.3) is 6.08 Å². The molecule has 0 fully saturated rings. The van der Waals surface area contributed by atoms with Crippen molar-refractivity contribution in [2.45, 2.75) is 0 Å². The van der Waals surface area contributed by atoms with Gasteiger partial charge in [-0.25, -0.2) is 0 Å². The maximum absolute atomic E-state index is 10.4. The molecule has 0 spiro atoms. The molecule has 4 heteroatoms. The second-order valence-corrected chi connectivity index (χ2v) is 3.43. The number of carbonyl (C=O) groups is 1. The Labute approximate surface area is 89.4 Å². The monoisotopic (exact) mass is 250 g/mol. The maximum Gasteiger partial charge on any atom is 0.101 e. The molecule has 0 saturated heterocycles. The first-order valence-corrected chi connectivity index (χ1v) is 4.51. The van der Waals surface area contributed by atoms with Gasteiger partial charge in [-0.15, -0.1) is 0 Å². The number of aliphatic carboxylic acids is 1. The zero-order valence-electron chi connectivity index (χ0n) is 7.03. The molecule has 1 aromatic rings. The fourth-order valence-electron chi connectivity index (χ4n) is 0.900. The summed E-state index contributed by atoms with van der Waals surface area (Å²) in [7, 11) is 0. The number of nitrogens with zero attached hydrogens (tertiary/aromatic N) is 1. The summed E-state index contributed by atoms with van der Waals surface area (Å²) in [5.74, 6) is -1.47. The van der Waals surface area contributed by atoms with E-state index in [2.05, 4.69) is 15.9 Å². The van der Waals surface area contributed by atoms with Crippen LogP contribution >= 0.6 is 15.9 Å². The zero-order valence-corrected chi connectivity index (χ0v) is 8.61. The third kappa shape index (κ3) is 2.71. The molecule has 0 unspecified atom stereocenters. The smallest absolute Gasteiger partial charge is 0.101 e. The summed E-state index contributed by atoms with van der Waals surface area (Å²) in [6.45, 7) is 0. The molecule has 3 nitrogen and oxygen atoms in total. The normalized spacial score (nSPS) is 10.7. The van der Waals surface area contributed by atoms with Gasteiger partial charge in [-0.3, -0.25) is 0 Å². The number of carboxylic acid groups (broad SMARTS) is 1. The molecule has 0 radical (unpaired) electrons. The molecule has 0 aliphatic heterocycles. The van der Waals surface area contributed by atoms with Crippen LogP contribution in [-0.2, 0) is 4.79 Å². The summed E-state index contributed by atoms with van der Waals surface area (Å²) in [5.41, 5.74) is 0.253. The number of carboxylic acids is 1. The molecule has 1 aromatic carbocycles. The van der Waals surface area contributed by atoms with Crippen LogP contribution in [0.2, 0.25) is 0 Å². The Morgan fingerprint density at radius 3 is 2.79 bits per heavy atom. The van der Waals surface area contributed by atoms with Gasteiger partial charge in [-0.05, 0) is 23.8 Å². The molecule has 0 aliphatic carbocycles. The number of rotatable bonds is 2. The number of halogens is 1. The van der Waals surface area contributed by atoms with Crippen molar-refractivity contribution in [3.05, 3.63) is 39.9 Å². The van der Waals surface area contributed by atoms with E-state index in [4.69, 9.17) is 5.26 Å². The van der Waals surface area contributed by atoms with Crippen LogP contribution in [0.15, 0.2) is 34.3 Å². The lowest BCUT2D eigenvalue weighted by atomic mass is 10.1. The number of benzene rings is 1. The number of carbonyl (C=O) groups excluding carboxylic acids is 1. The van der Waals surface area contributed by atoms with Crippen molar-refractivity contribution in [2.24, 2.45) is 0 Å². The first-order valence-electron chi connectivity index (χ1n) is 3.72. The van der Waals surface area contributed by atoms with Crippen LogP contribution in [0.4, 0.5) is 0 Å². The fourth-order valence-corrected chi connectivity index (χ4v) is 1.32. The van der Waals surface area contributed by atoms with Crippen molar-refractivity contribution in [2.75, 3.05) is 0 Å². The lowest BCUT2D eigenvalue weighted by Gasteiger charge is -1.99. The van der Waals surface area contributed by atoms with E-state index in [0.717, 1.165) is 4.47 Å². The molecule has 0 amide bonds. The molecule has 0 saturated carbocycles. The number of nitriles is 1. The summed E-state index contributed by atoms with van der Waals surface area (Å²) in [5, 5.41) is 18.9. The molecule has 0 heterocycles. The molecule has 0 aromatic heterocycles. The minimum Gasteiger partial charge on any atom is -0.544 e. The second kappa shape index (κ2) is 4.58. The Hall–Kier alpha value is -1.60. The van der Waals surface area contributed by atoms with E-state index < -0.39 is 5.97 Å². The van der Waals surface area contributed by atoms with Crippen molar-refractivity contribution in [1.82, 2.24) is 0 Å². The van der Waals surface area contributed by atoms with Crippen molar-refractivity contribution in [3.63, 3.8) is 0 Å². The molecule has 0 aliphatic rings. The van der Waals surface area contributed by atoms with Crippen molar-refractivity contribution in [1.29, 1.82) is 5.26 Å². The van der Waals surface area contributed by atoms with Gasteiger partial charge in [0.15, 0.2) is 0 Å². The lowest BCUT2D eigenvalue weighted by molar-refractivity contribution is -0.298. The molecule has 0 N–H and O–H groups in total. The van der Waals surface area contributed by atoms with Gasteiger partial charge in [-0.1, -0.05) is 28.1 Å². The molecule has 14 heavy (non-hydrogen) atoms. The minimum atomic E-state index is -1.47. The third-order valence-corrected chi connectivity index (χ3v) is 1.99. The van der Waals surface area contributed by atoms with Crippen LogP contribution < -0.4 is 5.11 Å². The first kappa shape index (κ1) is 10.5. The van der Waals surface area contributed by atoms with E-state index in [1.54, 1.807) is 24.3 Å². The highest BCUT2D eigenvalue weighted by Gasteiger charge is 1.97. The van der Waals surface area contributed by atoms with Crippen molar-refractivity contribution < 1.29 is 9.90 Å². The SMILES string of the molecule is N#C/C(=C\c1cccc(Br)c1)C(=O)[O-]. The van der Waals surface area contributed by atoms with E-state index in [-0.39, 0.29) is 5.57 Å². The van der Waals surface area contributed by atoms with Gasteiger partial charge in [-0.2, -0.15) is 5.26 Å². The summed E-state index contributed by atoms with van der Waals surface area (Å²) < 4.78 is 0.821. The van der Waals surface area contributed by atoms with E-state index >= 15 is 0 Å². The van der Waals surface area contributed by atoms with E-state index in [0.29, 0.717) is 5.56 Å². The van der Waals surface area contributed by atoms with Gasteiger partial charge in [0.2, 0.25) is 0 Å². The van der Waals surface area contributed by atoms with Gasteiger partial charge >= 0.3 is 0 Å². The largest absolute Gasteiger partial charge is 0.544 e. The van der Waals surface area contributed by atoms with Crippen molar-refractivity contribution >= 4 is 28.0 Å². The Morgan fingerprint density at radius 1 is 1.57 bits per heavy atom. The Kier molecular flexibility index (Phi) is 3.43. The maximum atomic E-state index is 10.4. The molecular formula is C10H5BrNO2-. The molecule has 1 rings (SSSR count). The Balaban J connectivity index is 3.08. The summed E-state index contributed by atoms with van der Waals surface area (Å²) in [6.07, 6.45) is 1.26. The topological polar surface area (TPSA) is 63.9 Å². The van der Waals surface area contributed by atoms with E-state index in [9.17, 15) is 9.90 Å². The average molecular weight is 251 g/mol. The Bertz CT molecular complexity index is 432. The quantitative estimate of drug-likeness (QED) is 0.584. The second-order valence-electron chi connectivity index (χ2n) is 2.51. The number of hydrogen-bond acceptors (Lipinski definition) is 3. The summed E-state index contributed by atoms with van der Waals surface area (Å²) in [4.78, 5) is 10.4.